The average molecular weight is 422 g/mol. The molecule has 0 aromatic heterocycles. The van der Waals surface area contributed by atoms with Gasteiger partial charge in [-0.15, -0.1) is 23.5 Å². The van der Waals surface area contributed by atoms with Crippen LogP contribution in [-0.2, 0) is 19.6 Å². The van der Waals surface area contributed by atoms with Crippen LogP contribution in [0.25, 0.3) is 0 Å². The van der Waals surface area contributed by atoms with Crippen molar-refractivity contribution in [3.8, 4) is 0 Å². The van der Waals surface area contributed by atoms with Crippen LogP contribution in [-0.4, -0.2) is 69.3 Å². The lowest BCUT2D eigenvalue weighted by Crippen LogP contribution is -2.52. The first-order chi connectivity index (χ1) is 11.5. The summed E-state index contributed by atoms with van der Waals surface area (Å²) in [5.41, 5.74) is -0.703. The van der Waals surface area contributed by atoms with E-state index in [4.69, 9.17) is 9.29 Å². The number of halogens is 2. The predicted molar refractivity (Wildman–Crippen MR) is 89.1 cm³/mol. The molecule has 1 saturated heterocycles. The number of aliphatic hydroxyl groups excluding tert-OH is 2. The number of carbonyl (C=O) groups is 1. The highest BCUT2D eigenvalue weighted by molar-refractivity contribution is 8.19. The number of aliphatic hydroxyl groups is 2. The van der Waals surface area contributed by atoms with Crippen molar-refractivity contribution in [2.45, 2.75) is 41.1 Å². The molecule has 0 bridgehead atoms. The lowest BCUT2D eigenvalue weighted by atomic mass is 9.95. The van der Waals surface area contributed by atoms with Crippen LogP contribution >= 0.6 is 23.5 Å². The van der Waals surface area contributed by atoms with Gasteiger partial charge in [0.05, 0.1) is 17.3 Å². The summed E-state index contributed by atoms with van der Waals surface area (Å²) in [5.74, 6) is -1.57. The van der Waals surface area contributed by atoms with Gasteiger partial charge in [0.15, 0.2) is 0 Å². The molecule has 2 rings (SSSR count). The van der Waals surface area contributed by atoms with Crippen molar-refractivity contribution in [2.24, 2.45) is 5.41 Å². The maximum absolute atomic E-state index is 13.5. The summed E-state index contributed by atoms with van der Waals surface area (Å²) in [6.07, 6.45) is 1.31. The third kappa shape index (κ3) is 4.08. The fourth-order valence-electron chi connectivity index (χ4n) is 2.73. The smallest absolute Gasteiger partial charge is 0.455 e. The van der Waals surface area contributed by atoms with E-state index in [2.05, 4.69) is 0 Å². The zero-order valence-electron chi connectivity index (χ0n) is 13.2. The molecule has 0 amide bonds. The van der Waals surface area contributed by atoms with Gasteiger partial charge in [0.1, 0.15) is 6.10 Å². The fourth-order valence-corrected chi connectivity index (χ4v) is 6.76. The van der Waals surface area contributed by atoms with Gasteiger partial charge >= 0.3 is 21.3 Å². The Morgan fingerprint density at radius 1 is 1.20 bits per heavy atom. The number of hydrogen-bond donors (Lipinski definition) is 3. The Balaban J connectivity index is 2.16. The Labute approximate surface area is 152 Å². The molecule has 1 unspecified atom stereocenters. The lowest BCUT2D eigenvalue weighted by Gasteiger charge is -2.49. The normalized spacial score (nSPS) is 26.4. The topological polar surface area (TPSA) is 121 Å². The van der Waals surface area contributed by atoms with Crippen LogP contribution in [0.3, 0.4) is 0 Å². The third-order valence-corrected chi connectivity index (χ3v) is 9.41. The van der Waals surface area contributed by atoms with Gasteiger partial charge in [0, 0.05) is 16.9 Å². The largest absolute Gasteiger partial charge is 0.465 e. The summed E-state index contributed by atoms with van der Waals surface area (Å²) < 4.78 is 61.0. The summed E-state index contributed by atoms with van der Waals surface area (Å²) in [4.78, 5) is 11.6. The molecule has 1 atom stereocenters. The maximum Gasteiger partial charge on any atom is 0.465 e. The summed E-state index contributed by atoms with van der Waals surface area (Å²) in [7, 11) is -5.91. The minimum absolute atomic E-state index is 0.231. The van der Waals surface area contributed by atoms with Crippen molar-refractivity contribution in [1.29, 1.82) is 0 Å². The summed E-state index contributed by atoms with van der Waals surface area (Å²) in [5, 5.41) is 13.9. The van der Waals surface area contributed by atoms with Gasteiger partial charge in [-0.05, 0) is 19.3 Å². The van der Waals surface area contributed by atoms with Crippen LogP contribution in [0, 0.1) is 5.41 Å². The van der Waals surface area contributed by atoms with Crippen LogP contribution in [0.2, 0.25) is 0 Å². The van der Waals surface area contributed by atoms with Crippen LogP contribution in [0.15, 0.2) is 0 Å². The van der Waals surface area contributed by atoms with Gasteiger partial charge in [-0.3, -0.25) is 4.55 Å². The molecule has 0 aromatic carbocycles. The molecule has 1 spiro atoms. The van der Waals surface area contributed by atoms with Crippen molar-refractivity contribution in [2.75, 3.05) is 24.7 Å². The quantitative estimate of drug-likeness (QED) is 0.442. The first-order valence-electron chi connectivity index (χ1n) is 7.57. The minimum atomic E-state index is -5.91. The number of alkyl halides is 2. The van der Waals surface area contributed by atoms with Crippen molar-refractivity contribution < 1.29 is 41.5 Å². The Kier molecular flexibility index (Phi) is 6.32. The van der Waals surface area contributed by atoms with E-state index in [1.807, 2.05) is 0 Å². The van der Waals surface area contributed by atoms with E-state index in [1.54, 1.807) is 0 Å². The van der Waals surface area contributed by atoms with Crippen LogP contribution in [0.1, 0.15) is 25.7 Å². The van der Waals surface area contributed by atoms with Gasteiger partial charge in [-0.1, -0.05) is 6.42 Å². The van der Waals surface area contributed by atoms with E-state index in [1.165, 1.54) is 23.5 Å². The van der Waals surface area contributed by atoms with Crippen molar-refractivity contribution in [3.05, 3.63) is 0 Å². The number of ether oxygens (including phenoxy) is 1. The van der Waals surface area contributed by atoms with Gasteiger partial charge in [0.25, 0.3) is 0 Å². The molecule has 12 heteroatoms. The highest BCUT2D eigenvalue weighted by Crippen LogP contribution is 2.56. The molecule has 0 aromatic rings. The Morgan fingerprint density at radius 3 is 2.24 bits per heavy atom. The van der Waals surface area contributed by atoms with Crippen LogP contribution < -0.4 is 0 Å². The summed E-state index contributed by atoms with van der Waals surface area (Å²) >= 11 is 2.64. The number of rotatable bonds is 5. The van der Waals surface area contributed by atoms with E-state index in [9.17, 15) is 32.2 Å². The summed E-state index contributed by atoms with van der Waals surface area (Å²) in [6, 6.07) is 0. The minimum Gasteiger partial charge on any atom is -0.455 e. The van der Waals surface area contributed by atoms with E-state index in [-0.39, 0.29) is 13.2 Å². The second-order valence-corrected chi connectivity index (χ2v) is 10.7. The van der Waals surface area contributed by atoms with E-state index < -0.39 is 36.9 Å². The number of thioether (sulfide) groups is 2. The van der Waals surface area contributed by atoms with Gasteiger partial charge in [-0.2, -0.15) is 17.2 Å². The third-order valence-electron chi connectivity index (χ3n) is 4.46. The molecule has 2 aliphatic rings. The monoisotopic (exact) mass is 422 g/mol. The molecular weight excluding hydrogens is 402 g/mol. The molecule has 146 valence electrons. The van der Waals surface area contributed by atoms with Crippen molar-refractivity contribution in [3.63, 3.8) is 0 Å². The molecule has 7 nitrogen and oxygen atoms in total. The van der Waals surface area contributed by atoms with E-state index in [0.717, 1.165) is 6.42 Å². The zero-order valence-corrected chi connectivity index (χ0v) is 15.6. The van der Waals surface area contributed by atoms with Gasteiger partial charge < -0.3 is 14.9 Å². The average Bonchev–Trinajstić information content (AvgIpc) is 2.57. The number of hydrogen-bond acceptors (Lipinski definition) is 8. The Morgan fingerprint density at radius 2 is 1.76 bits per heavy atom. The van der Waals surface area contributed by atoms with Crippen LogP contribution in [0.5, 0.6) is 0 Å². The number of carbonyl (C=O) groups excluding carboxylic acids is 1. The second kappa shape index (κ2) is 7.47. The molecule has 0 radical (unpaired) electrons. The highest BCUT2D eigenvalue weighted by atomic mass is 32.2. The second-order valence-electron chi connectivity index (χ2n) is 6.34. The van der Waals surface area contributed by atoms with E-state index in [0.29, 0.717) is 30.8 Å². The highest BCUT2D eigenvalue weighted by Gasteiger charge is 2.57. The van der Waals surface area contributed by atoms with Crippen LogP contribution in [0.4, 0.5) is 8.78 Å². The van der Waals surface area contributed by atoms with Gasteiger partial charge in [-0.25, -0.2) is 4.79 Å². The number of esters is 1. The standard InChI is InChI=1S/C13H20F2O7S3/c14-13(15,25(19,20)21)10(18)22-9-3-1-2-4-12(9)23-7-11(5-16,6-17)8-24-12/h9,16-17H,1-8H2,(H,19,20,21). The zero-order chi connectivity index (χ0) is 18.9. The Bertz CT molecular complexity index is 597. The van der Waals surface area contributed by atoms with Gasteiger partial charge in [0.2, 0.25) is 0 Å². The first kappa shape index (κ1) is 21.2. The molecule has 25 heavy (non-hydrogen) atoms. The molecule has 2 fully saturated rings. The van der Waals surface area contributed by atoms with Crippen molar-refractivity contribution >= 4 is 39.6 Å². The molecular formula is C13H20F2O7S3. The summed E-state index contributed by atoms with van der Waals surface area (Å²) in [6.45, 7) is -0.463. The lowest BCUT2D eigenvalue weighted by molar-refractivity contribution is -0.168. The maximum atomic E-state index is 13.5. The van der Waals surface area contributed by atoms with Crippen molar-refractivity contribution in [1.82, 2.24) is 0 Å². The molecule has 1 heterocycles. The SMILES string of the molecule is O=C(OC1CCCCC12SCC(CO)(CO)CS2)C(F)(F)S(=O)(=O)O. The molecule has 3 N–H and O–H groups in total. The predicted octanol–water partition coefficient (Wildman–Crippen LogP) is 1.10. The van der Waals surface area contributed by atoms with E-state index >= 15 is 0 Å². The molecule has 1 aliphatic carbocycles. The Hall–Kier alpha value is -0.140. The first-order valence-corrected chi connectivity index (χ1v) is 11.0. The fraction of sp³-hybridized carbons (Fsp3) is 0.923. The molecule has 1 aliphatic heterocycles. The molecule has 1 saturated carbocycles.